The molecule has 6 heteroatoms. The lowest BCUT2D eigenvalue weighted by atomic mass is 10.2. The number of hydrogen-bond acceptors (Lipinski definition) is 4. The Kier molecular flexibility index (Phi) is 3.15. The molecule has 0 bridgehead atoms. The lowest BCUT2D eigenvalue weighted by Crippen LogP contribution is -2.32. The molecule has 2 aromatic rings. The van der Waals surface area contributed by atoms with E-state index in [0.717, 1.165) is 5.56 Å². The van der Waals surface area contributed by atoms with Crippen molar-refractivity contribution in [3.63, 3.8) is 0 Å². The predicted molar refractivity (Wildman–Crippen MR) is 62.6 cm³/mol. The van der Waals surface area contributed by atoms with E-state index in [-0.39, 0.29) is 6.54 Å². The molecule has 0 radical (unpaired) electrons. The summed E-state index contributed by atoms with van der Waals surface area (Å²) in [6.07, 6.45) is 4.79. The Morgan fingerprint density at radius 3 is 2.65 bits per heavy atom. The van der Waals surface area contributed by atoms with Crippen molar-refractivity contribution in [3.8, 4) is 0 Å². The molecule has 0 amide bonds. The van der Waals surface area contributed by atoms with Crippen LogP contribution in [0.3, 0.4) is 0 Å². The van der Waals surface area contributed by atoms with Crippen molar-refractivity contribution >= 4 is 0 Å². The highest BCUT2D eigenvalue weighted by Crippen LogP contribution is 1.98. The molecule has 0 aromatic carbocycles. The summed E-state index contributed by atoms with van der Waals surface area (Å²) in [4.78, 5) is 29.0. The van der Waals surface area contributed by atoms with E-state index in [4.69, 9.17) is 5.73 Å². The summed E-state index contributed by atoms with van der Waals surface area (Å²) >= 11 is 0. The monoisotopic (exact) mass is 232 g/mol. The topological polar surface area (TPSA) is 93.8 Å². The van der Waals surface area contributed by atoms with Gasteiger partial charge in [0.05, 0.1) is 6.54 Å². The van der Waals surface area contributed by atoms with E-state index in [1.807, 2.05) is 0 Å². The SMILES string of the molecule is NCc1cn(Cc2ccncc2)c(=O)[nH]c1=O. The van der Waals surface area contributed by atoms with Crippen LogP contribution in [0.15, 0.2) is 40.3 Å². The zero-order valence-electron chi connectivity index (χ0n) is 9.09. The molecule has 2 heterocycles. The van der Waals surface area contributed by atoms with E-state index in [9.17, 15) is 9.59 Å². The number of aromatic amines is 1. The zero-order valence-corrected chi connectivity index (χ0v) is 9.09. The van der Waals surface area contributed by atoms with Gasteiger partial charge in [0.15, 0.2) is 0 Å². The van der Waals surface area contributed by atoms with Crippen LogP contribution in [-0.2, 0) is 13.1 Å². The van der Waals surface area contributed by atoms with Crippen molar-refractivity contribution in [3.05, 3.63) is 62.7 Å². The van der Waals surface area contributed by atoms with Gasteiger partial charge in [0.25, 0.3) is 5.56 Å². The van der Waals surface area contributed by atoms with Gasteiger partial charge in [0, 0.05) is 30.7 Å². The van der Waals surface area contributed by atoms with Crippen molar-refractivity contribution in [2.24, 2.45) is 5.73 Å². The van der Waals surface area contributed by atoms with E-state index in [2.05, 4.69) is 9.97 Å². The first-order valence-electron chi connectivity index (χ1n) is 5.12. The summed E-state index contributed by atoms with van der Waals surface area (Å²) in [6.45, 7) is 0.483. The fourth-order valence-electron chi connectivity index (χ4n) is 1.50. The summed E-state index contributed by atoms with van der Waals surface area (Å²) < 4.78 is 1.42. The maximum atomic E-state index is 11.6. The molecule has 2 aromatic heterocycles. The summed E-state index contributed by atoms with van der Waals surface area (Å²) in [6, 6.07) is 3.61. The van der Waals surface area contributed by atoms with Gasteiger partial charge in [-0.25, -0.2) is 4.79 Å². The van der Waals surface area contributed by atoms with Gasteiger partial charge in [-0.1, -0.05) is 0 Å². The Morgan fingerprint density at radius 1 is 1.29 bits per heavy atom. The molecule has 2 rings (SSSR count). The van der Waals surface area contributed by atoms with Crippen LogP contribution in [0.25, 0.3) is 0 Å². The molecule has 88 valence electrons. The van der Waals surface area contributed by atoms with Gasteiger partial charge in [-0.3, -0.25) is 19.3 Å². The normalized spacial score (nSPS) is 10.4. The maximum Gasteiger partial charge on any atom is 0.328 e. The quantitative estimate of drug-likeness (QED) is 0.741. The summed E-state index contributed by atoms with van der Waals surface area (Å²) in [5.74, 6) is 0. The highest BCUT2D eigenvalue weighted by atomic mass is 16.2. The number of nitrogens with zero attached hydrogens (tertiary/aromatic N) is 2. The second-order valence-corrected chi connectivity index (χ2v) is 3.60. The van der Waals surface area contributed by atoms with Gasteiger partial charge in [0.1, 0.15) is 0 Å². The van der Waals surface area contributed by atoms with Crippen molar-refractivity contribution in [2.75, 3.05) is 0 Å². The molecular formula is C11H12N4O2. The smallest absolute Gasteiger partial charge is 0.326 e. The highest BCUT2D eigenvalue weighted by Gasteiger charge is 2.03. The van der Waals surface area contributed by atoms with Crippen LogP contribution < -0.4 is 17.0 Å². The average molecular weight is 232 g/mol. The minimum Gasteiger partial charge on any atom is -0.326 e. The third kappa shape index (κ3) is 2.48. The Hall–Kier alpha value is -2.21. The third-order valence-electron chi connectivity index (χ3n) is 2.41. The largest absolute Gasteiger partial charge is 0.328 e. The first kappa shape index (κ1) is 11.3. The minimum absolute atomic E-state index is 0.103. The number of nitrogens with one attached hydrogen (secondary N) is 1. The average Bonchev–Trinajstić information content (AvgIpc) is 2.34. The number of hydrogen-bond donors (Lipinski definition) is 2. The fraction of sp³-hybridized carbons (Fsp3) is 0.182. The Bertz CT molecular complexity index is 615. The van der Waals surface area contributed by atoms with Crippen molar-refractivity contribution in [2.45, 2.75) is 13.1 Å². The molecule has 0 unspecified atom stereocenters. The Labute approximate surface area is 96.8 Å². The lowest BCUT2D eigenvalue weighted by Gasteiger charge is -2.06. The molecule has 0 saturated carbocycles. The first-order chi connectivity index (χ1) is 8.20. The van der Waals surface area contributed by atoms with Crippen molar-refractivity contribution < 1.29 is 0 Å². The number of nitrogens with two attached hydrogens (primary N) is 1. The first-order valence-corrected chi connectivity index (χ1v) is 5.12. The fourth-order valence-corrected chi connectivity index (χ4v) is 1.50. The van der Waals surface area contributed by atoms with Gasteiger partial charge in [-0.2, -0.15) is 0 Å². The molecule has 6 nitrogen and oxygen atoms in total. The van der Waals surface area contributed by atoms with Gasteiger partial charge >= 0.3 is 5.69 Å². The van der Waals surface area contributed by atoms with Crippen LogP contribution in [-0.4, -0.2) is 14.5 Å². The molecule has 0 aliphatic carbocycles. The molecule has 0 aliphatic rings. The number of aromatic nitrogens is 3. The molecule has 17 heavy (non-hydrogen) atoms. The summed E-state index contributed by atoms with van der Waals surface area (Å²) in [5, 5.41) is 0. The van der Waals surface area contributed by atoms with Gasteiger partial charge in [0.2, 0.25) is 0 Å². The maximum absolute atomic E-state index is 11.6. The van der Waals surface area contributed by atoms with Crippen LogP contribution in [0.2, 0.25) is 0 Å². The van der Waals surface area contributed by atoms with E-state index in [1.54, 1.807) is 24.5 Å². The van der Waals surface area contributed by atoms with Crippen LogP contribution >= 0.6 is 0 Å². The van der Waals surface area contributed by atoms with Crippen molar-refractivity contribution in [1.29, 1.82) is 0 Å². The minimum atomic E-state index is -0.441. The van der Waals surface area contributed by atoms with Crippen LogP contribution in [0.1, 0.15) is 11.1 Å². The Balaban J connectivity index is 2.40. The van der Waals surface area contributed by atoms with Crippen LogP contribution in [0, 0.1) is 0 Å². The number of rotatable bonds is 3. The molecule has 0 spiro atoms. The summed E-state index contributed by atoms with van der Waals surface area (Å²) in [5.41, 5.74) is 5.87. The zero-order chi connectivity index (χ0) is 12.3. The predicted octanol–water partition coefficient (Wildman–Crippen LogP) is -0.561. The molecule has 0 atom stereocenters. The lowest BCUT2D eigenvalue weighted by molar-refractivity contribution is 0.705. The van der Waals surface area contributed by atoms with E-state index in [0.29, 0.717) is 12.1 Å². The van der Waals surface area contributed by atoms with Crippen molar-refractivity contribution in [1.82, 2.24) is 14.5 Å². The number of H-pyrrole nitrogens is 1. The van der Waals surface area contributed by atoms with E-state index >= 15 is 0 Å². The second-order valence-electron chi connectivity index (χ2n) is 3.60. The number of pyridine rings is 1. The molecule has 0 aliphatic heterocycles. The third-order valence-corrected chi connectivity index (χ3v) is 2.41. The van der Waals surface area contributed by atoms with Gasteiger partial charge < -0.3 is 5.73 Å². The Morgan fingerprint density at radius 2 is 2.00 bits per heavy atom. The van der Waals surface area contributed by atoms with E-state index in [1.165, 1.54) is 10.8 Å². The van der Waals surface area contributed by atoms with Gasteiger partial charge in [-0.15, -0.1) is 0 Å². The second kappa shape index (κ2) is 4.75. The standard InChI is InChI=1S/C11H12N4O2/c12-5-9-7-15(11(17)14-10(9)16)6-8-1-3-13-4-2-8/h1-4,7H,5-6,12H2,(H,14,16,17). The molecular weight excluding hydrogens is 220 g/mol. The summed E-state index contributed by atoms with van der Waals surface area (Å²) in [7, 11) is 0. The van der Waals surface area contributed by atoms with Crippen LogP contribution in [0.4, 0.5) is 0 Å². The highest BCUT2D eigenvalue weighted by molar-refractivity contribution is 5.11. The van der Waals surface area contributed by atoms with E-state index < -0.39 is 11.2 Å². The molecule has 0 saturated heterocycles. The van der Waals surface area contributed by atoms with Gasteiger partial charge in [-0.05, 0) is 17.7 Å². The molecule has 3 N–H and O–H groups in total. The molecule has 0 fully saturated rings. The van der Waals surface area contributed by atoms with Crippen LogP contribution in [0.5, 0.6) is 0 Å².